The zero-order valence-corrected chi connectivity index (χ0v) is 29.4. The van der Waals surface area contributed by atoms with Crippen LogP contribution in [0.25, 0.3) is 0 Å². The molecule has 5 aliphatic rings. The van der Waals surface area contributed by atoms with Gasteiger partial charge in [-0.2, -0.15) is 0 Å². The monoisotopic (exact) mass is 827 g/mol. The van der Waals surface area contributed by atoms with Crippen LogP contribution < -0.4 is 5.73 Å². The first-order valence-electron chi connectivity index (χ1n) is 17.7. The topological polar surface area (TPSA) is 433 Å². The first-order chi connectivity index (χ1) is 26.5. The lowest BCUT2D eigenvalue weighted by molar-refractivity contribution is -0.391. The fourth-order valence-electron chi connectivity index (χ4n) is 7.08. The Hall–Kier alpha value is -1.04. The molecule has 328 valence electrons. The van der Waals surface area contributed by atoms with E-state index in [1.54, 1.807) is 0 Å². The molecule has 0 aromatic rings. The Labute approximate surface area is 316 Å². The average molecular weight is 828 g/mol. The Morgan fingerprint density at radius 2 is 0.607 bits per heavy atom. The first kappa shape index (κ1) is 46.0. The molecule has 25 atom stereocenters. The summed E-state index contributed by atoms with van der Waals surface area (Å²) in [5.74, 6) is 0. The zero-order valence-electron chi connectivity index (χ0n) is 29.4. The van der Waals surface area contributed by atoms with Crippen molar-refractivity contribution in [3.8, 4) is 0 Å². The highest BCUT2D eigenvalue weighted by atomic mass is 16.8. The summed E-state index contributed by atoms with van der Waals surface area (Å²) in [4.78, 5) is 0. The molecule has 26 heteroatoms. The lowest BCUT2D eigenvalue weighted by atomic mass is 9.95. The summed E-state index contributed by atoms with van der Waals surface area (Å²) in [6.07, 6.45) is -44.8. The van der Waals surface area contributed by atoms with Crippen LogP contribution in [0.4, 0.5) is 0 Å². The van der Waals surface area contributed by atoms with Gasteiger partial charge in [-0.3, -0.25) is 0 Å². The molecule has 0 aliphatic carbocycles. The van der Waals surface area contributed by atoms with Gasteiger partial charge < -0.3 is 130 Å². The van der Waals surface area contributed by atoms with Gasteiger partial charge in [-0.25, -0.2) is 0 Å². The fourth-order valence-corrected chi connectivity index (χ4v) is 7.08. The van der Waals surface area contributed by atoms with Gasteiger partial charge in [0.1, 0.15) is 122 Å². The minimum atomic E-state index is -2.06. The molecule has 0 spiro atoms. The third kappa shape index (κ3) is 9.16. The fraction of sp³-hybridized carbons (Fsp3) is 1.00. The Morgan fingerprint density at radius 1 is 0.321 bits per heavy atom. The highest BCUT2D eigenvalue weighted by molar-refractivity contribution is 4.99. The molecule has 5 fully saturated rings. The van der Waals surface area contributed by atoms with E-state index in [1.807, 2.05) is 0 Å². The second-order valence-electron chi connectivity index (χ2n) is 14.0. The largest absolute Gasteiger partial charge is 0.394 e. The number of ether oxygens (including phenoxy) is 9. The Balaban J connectivity index is 1.22. The molecule has 26 nitrogen and oxygen atoms in total. The van der Waals surface area contributed by atoms with Gasteiger partial charge in [0.2, 0.25) is 0 Å². The molecule has 0 bridgehead atoms. The summed E-state index contributed by atoms with van der Waals surface area (Å²) in [6, 6.07) is 0. The van der Waals surface area contributed by atoms with Gasteiger partial charge >= 0.3 is 0 Å². The van der Waals surface area contributed by atoms with Crippen LogP contribution in [0.3, 0.4) is 0 Å². The number of rotatable bonds is 13. The van der Waals surface area contributed by atoms with E-state index in [0.29, 0.717) is 0 Å². The Morgan fingerprint density at radius 3 is 0.964 bits per heavy atom. The van der Waals surface area contributed by atoms with Gasteiger partial charge in [0.15, 0.2) is 31.5 Å². The van der Waals surface area contributed by atoms with Crippen LogP contribution in [-0.2, 0) is 42.6 Å². The molecule has 0 aromatic carbocycles. The SMILES string of the molecule is NC[C@H]1O[C@H](O[C@H]2[C@H](O)[C@@H](O)[C@@H](O[C@H]3[C@H](O)[C@@H](O)C(O)O[C@@H]3CO)O[C@@H]2CO)[C@H](O)[C@@H](O)[C@@H]1O[C@H]1O[C@H](CO)[C@@H](O[C@H]2O[C@H](CO)[C@@H](O)[C@H](O)[C@H]2O)[C@H](O)[C@H]1O. The molecule has 0 radical (unpaired) electrons. The molecular formula is C30H53NO25. The maximum absolute atomic E-state index is 11.1. The molecular weight excluding hydrogens is 774 g/mol. The minimum Gasteiger partial charge on any atom is -0.394 e. The Kier molecular flexibility index (Phi) is 16.1. The zero-order chi connectivity index (χ0) is 41.3. The maximum atomic E-state index is 11.1. The number of aliphatic hydroxyl groups is 16. The van der Waals surface area contributed by atoms with Crippen LogP contribution in [0.1, 0.15) is 0 Å². The molecule has 5 heterocycles. The third-order valence-electron chi connectivity index (χ3n) is 10.4. The van der Waals surface area contributed by atoms with Crippen molar-refractivity contribution in [2.75, 3.05) is 33.0 Å². The second kappa shape index (κ2) is 19.6. The molecule has 5 rings (SSSR count). The summed E-state index contributed by atoms with van der Waals surface area (Å²) in [6.45, 7) is -3.94. The predicted octanol–water partition coefficient (Wildman–Crippen LogP) is -12.0. The van der Waals surface area contributed by atoms with Gasteiger partial charge in [-0.05, 0) is 0 Å². The summed E-state index contributed by atoms with van der Waals surface area (Å²) in [7, 11) is 0. The quantitative estimate of drug-likeness (QED) is 0.0819. The lowest BCUT2D eigenvalue weighted by Crippen LogP contribution is -2.68. The van der Waals surface area contributed by atoms with Crippen molar-refractivity contribution in [1.82, 2.24) is 0 Å². The van der Waals surface area contributed by atoms with E-state index in [0.717, 1.165) is 0 Å². The smallest absolute Gasteiger partial charge is 0.187 e. The minimum absolute atomic E-state index is 0.476. The van der Waals surface area contributed by atoms with E-state index in [-0.39, 0.29) is 0 Å². The molecule has 0 amide bonds. The standard InChI is InChI=1S/C30H53NO25/c31-1-6-22(53-29-20(45)15(40)24(9(4-34)51-29)55-27-18(43)12(37)11(36)7(2-32)50-27)14(39)19(44)28(49-6)56-25-10(5-35)52-30(21(46)16(25)41)54-23-8(3-33)48-26(47)17(42)13(23)38/h6-30,32-47H,1-5,31H2/t6-,7-,8-,9-,10-,11-,12+,13-,14-,15-,16-,17-,18-,19-,20-,21-,22-,23-,24-,25-,26?,27-,28-,29-,30-/m1/s1. The van der Waals surface area contributed by atoms with E-state index >= 15 is 0 Å². The second-order valence-corrected chi connectivity index (χ2v) is 14.0. The van der Waals surface area contributed by atoms with Crippen molar-refractivity contribution in [2.45, 2.75) is 154 Å². The van der Waals surface area contributed by atoms with Crippen molar-refractivity contribution in [1.29, 1.82) is 0 Å². The molecule has 0 saturated carbocycles. The molecule has 5 aliphatic heterocycles. The summed E-state index contributed by atoms with van der Waals surface area (Å²) in [5.41, 5.74) is 5.85. The van der Waals surface area contributed by atoms with Crippen LogP contribution in [0.15, 0.2) is 0 Å². The van der Waals surface area contributed by atoms with Crippen LogP contribution in [0, 0.1) is 0 Å². The van der Waals surface area contributed by atoms with E-state index in [1.165, 1.54) is 0 Å². The average Bonchev–Trinajstić information content (AvgIpc) is 3.19. The number of aliphatic hydroxyl groups excluding tert-OH is 16. The van der Waals surface area contributed by atoms with Crippen LogP contribution in [-0.4, -0.2) is 268 Å². The Bertz CT molecular complexity index is 1200. The van der Waals surface area contributed by atoms with Gasteiger partial charge in [0, 0.05) is 6.54 Å². The lowest BCUT2D eigenvalue weighted by Gasteiger charge is -2.49. The van der Waals surface area contributed by atoms with E-state index in [2.05, 4.69) is 0 Å². The normalized spacial score (nSPS) is 53.2. The first-order valence-corrected chi connectivity index (χ1v) is 17.7. The molecule has 5 saturated heterocycles. The highest BCUT2D eigenvalue weighted by Gasteiger charge is 2.56. The van der Waals surface area contributed by atoms with Crippen LogP contribution in [0.2, 0.25) is 0 Å². The van der Waals surface area contributed by atoms with E-state index in [4.69, 9.17) is 48.4 Å². The molecule has 0 aromatic heterocycles. The van der Waals surface area contributed by atoms with Gasteiger partial charge in [0.05, 0.1) is 26.4 Å². The third-order valence-corrected chi connectivity index (χ3v) is 10.4. The predicted molar refractivity (Wildman–Crippen MR) is 168 cm³/mol. The molecule has 18 N–H and O–H groups in total. The van der Waals surface area contributed by atoms with Crippen molar-refractivity contribution in [2.24, 2.45) is 5.73 Å². The molecule has 56 heavy (non-hydrogen) atoms. The van der Waals surface area contributed by atoms with Gasteiger partial charge in [-0.1, -0.05) is 0 Å². The number of hydrogen-bond donors (Lipinski definition) is 17. The van der Waals surface area contributed by atoms with E-state index in [9.17, 15) is 81.7 Å². The summed E-state index contributed by atoms with van der Waals surface area (Å²) < 4.78 is 49.5. The van der Waals surface area contributed by atoms with Crippen molar-refractivity contribution < 1.29 is 124 Å². The molecule has 1 unspecified atom stereocenters. The van der Waals surface area contributed by atoms with Gasteiger partial charge in [-0.15, -0.1) is 0 Å². The number of hydrogen-bond acceptors (Lipinski definition) is 26. The van der Waals surface area contributed by atoms with E-state index < -0.39 is 187 Å². The summed E-state index contributed by atoms with van der Waals surface area (Å²) in [5, 5.41) is 166. The highest BCUT2D eigenvalue weighted by Crippen LogP contribution is 2.35. The van der Waals surface area contributed by atoms with Crippen molar-refractivity contribution >= 4 is 0 Å². The maximum Gasteiger partial charge on any atom is 0.187 e. The van der Waals surface area contributed by atoms with Crippen LogP contribution >= 0.6 is 0 Å². The van der Waals surface area contributed by atoms with Crippen molar-refractivity contribution in [3.05, 3.63) is 0 Å². The van der Waals surface area contributed by atoms with Gasteiger partial charge in [0.25, 0.3) is 0 Å². The van der Waals surface area contributed by atoms with Crippen LogP contribution in [0.5, 0.6) is 0 Å². The van der Waals surface area contributed by atoms with Crippen molar-refractivity contribution in [3.63, 3.8) is 0 Å². The summed E-state index contributed by atoms with van der Waals surface area (Å²) >= 11 is 0. The number of nitrogens with two attached hydrogens (primary N) is 1.